The SMILES string of the molecule is CC.CC1=CCC2C3CCC4=CC(=O)NCCC4(C)C3CCC12C. The fraction of sp³-hybridized carbons (Fsp3) is 0.773. The minimum atomic E-state index is 0.135. The maximum Gasteiger partial charge on any atom is 0.243 e. The molecular formula is C22H35NO. The molecule has 5 unspecified atom stereocenters. The number of fused-ring (bicyclic) bond motifs is 5. The second-order valence-electron chi connectivity index (χ2n) is 8.62. The summed E-state index contributed by atoms with van der Waals surface area (Å²) in [5.41, 5.74) is 3.78. The Morgan fingerprint density at radius 1 is 1.08 bits per heavy atom. The van der Waals surface area contributed by atoms with Crippen molar-refractivity contribution in [3.05, 3.63) is 23.3 Å². The van der Waals surface area contributed by atoms with E-state index in [2.05, 4.69) is 32.2 Å². The second-order valence-corrected chi connectivity index (χ2v) is 8.62. The number of amides is 1. The van der Waals surface area contributed by atoms with Crippen molar-refractivity contribution in [2.24, 2.45) is 28.6 Å². The molecule has 0 radical (unpaired) electrons. The van der Waals surface area contributed by atoms with Crippen molar-refractivity contribution in [3.8, 4) is 0 Å². The number of carbonyl (C=O) groups excluding carboxylic acids is 1. The maximum absolute atomic E-state index is 11.9. The van der Waals surface area contributed by atoms with E-state index in [-0.39, 0.29) is 11.3 Å². The first kappa shape index (κ1) is 17.8. The molecule has 0 aromatic rings. The normalized spacial score (nSPS) is 43.7. The van der Waals surface area contributed by atoms with Gasteiger partial charge in [-0.2, -0.15) is 0 Å². The largest absolute Gasteiger partial charge is 0.353 e. The first-order chi connectivity index (χ1) is 11.4. The van der Waals surface area contributed by atoms with Gasteiger partial charge in [0.05, 0.1) is 0 Å². The highest BCUT2D eigenvalue weighted by Gasteiger charge is 2.55. The van der Waals surface area contributed by atoms with E-state index >= 15 is 0 Å². The van der Waals surface area contributed by atoms with Gasteiger partial charge in [0.25, 0.3) is 0 Å². The molecule has 134 valence electrons. The predicted octanol–water partition coefficient (Wildman–Crippen LogP) is 5.26. The van der Waals surface area contributed by atoms with E-state index in [1.54, 1.807) is 5.57 Å². The summed E-state index contributed by atoms with van der Waals surface area (Å²) in [5.74, 6) is 2.60. The highest BCUT2D eigenvalue weighted by molar-refractivity contribution is 5.88. The molecular weight excluding hydrogens is 294 g/mol. The lowest BCUT2D eigenvalue weighted by Gasteiger charge is -2.56. The molecule has 2 nitrogen and oxygen atoms in total. The van der Waals surface area contributed by atoms with Crippen LogP contribution in [0.3, 0.4) is 0 Å². The summed E-state index contributed by atoms with van der Waals surface area (Å²) in [6.45, 7) is 12.2. The van der Waals surface area contributed by atoms with E-state index in [1.807, 2.05) is 19.9 Å². The third-order valence-corrected chi connectivity index (χ3v) is 7.95. The summed E-state index contributed by atoms with van der Waals surface area (Å²) in [4.78, 5) is 11.9. The van der Waals surface area contributed by atoms with Crippen LogP contribution in [0.2, 0.25) is 0 Å². The molecule has 1 heterocycles. The summed E-state index contributed by atoms with van der Waals surface area (Å²) in [7, 11) is 0. The van der Waals surface area contributed by atoms with Gasteiger partial charge >= 0.3 is 0 Å². The third-order valence-electron chi connectivity index (χ3n) is 7.95. The Labute approximate surface area is 148 Å². The zero-order valence-corrected chi connectivity index (χ0v) is 16.2. The van der Waals surface area contributed by atoms with Gasteiger partial charge in [0.15, 0.2) is 0 Å². The molecule has 1 N–H and O–H groups in total. The summed E-state index contributed by atoms with van der Waals surface area (Å²) >= 11 is 0. The van der Waals surface area contributed by atoms with Gasteiger partial charge in [-0.25, -0.2) is 0 Å². The molecule has 0 saturated heterocycles. The van der Waals surface area contributed by atoms with Crippen molar-refractivity contribution in [2.45, 2.75) is 73.1 Å². The van der Waals surface area contributed by atoms with E-state index in [0.717, 1.165) is 37.1 Å². The molecule has 2 saturated carbocycles. The number of hydrogen-bond donors (Lipinski definition) is 1. The maximum atomic E-state index is 11.9. The fourth-order valence-corrected chi connectivity index (χ4v) is 6.35. The van der Waals surface area contributed by atoms with Gasteiger partial charge in [-0.05, 0) is 74.0 Å². The van der Waals surface area contributed by atoms with E-state index in [4.69, 9.17) is 0 Å². The lowest BCUT2D eigenvalue weighted by molar-refractivity contribution is -0.116. The van der Waals surface area contributed by atoms with Gasteiger partial charge in [0.1, 0.15) is 0 Å². The summed E-state index contributed by atoms with van der Waals surface area (Å²) < 4.78 is 0. The van der Waals surface area contributed by atoms with Crippen LogP contribution in [0.15, 0.2) is 23.3 Å². The van der Waals surface area contributed by atoms with Gasteiger partial charge in [0, 0.05) is 12.6 Å². The molecule has 1 aliphatic heterocycles. The Morgan fingerprint density at radius 2 is 1.83 bits per heavy atom. The number of allylic oxidation sites excluding steroid dienone is 3. The quantitative estimate of drug-likeness (QED) is 0.604. The van der Waals surface area contributed by atoms with Crippen LogP contribution >= 0.6 is 0 Å². The topological polar surface area (TPSA) is 29.1 Å². The van der Waals surface area contributed by atoms with Crippen LogP contribution in [-0.4, -0.2) is 12.5 Å². The van der Waals surface area contributed by atoms with Crippen LogP contribution in [0.4, 0.5) is 0 Å². The first-order valence-electron chi connectivity index (χ1n) is 10.1. The van der Waals surface area contributed by atoms with Crippen LogP contribution in [-0.2, 0) is 4.79 Å². The standard InChI is InChI=1S/C20H29NO.C2H6/c1-13-4-7-16-15-6-5-14-12-18(22)21-11-10-20(14,3)17(15)8-9-19(13,16)2;1-2/h4,12,15-17H,5-11H2,1-3H3,(H,21,22);1-2H3. The molecule has 0 bridgehead atoms. The number of hydrogen-bond acceptors (Lipinski definition) is 1. The van der Waals surface area contributed by atoms with E-state index < -0.39 is 0 Å². The number of rotatable bonds is 0. The fourth-order valence-electron chi connectivity index (χ4n) is 6.35. The van der Waals surface area contributed by atoms with Crippen molar-refractivity contribution in [3.63, 3.8) is 0 Å². The lowest BCUT2D eigenvalue weighted by atomic mass is 9.48. The zero-order chi connectivity index (χ0) is 17.5. The molecule has 1 amide bonds. The van der Waals surface area contributed by atoms with Crippen molar-refractivity contribution in [1.82, 2.24) is 5.32 Å². The highest BCUT2D eigenvalue weighted by Crippen LogP contribution is 2.64. The number of nitrogens with one attached hydrogen (secondary N) is 1. The van der Waals surface area contributed by atoms with Crippen LogP contribution in [0.25, 0.3) is 0 Å². The van der Waals surface area contributed by atoms with Gasteiger partial charge < -0.3 is 5.32 Å². The Balaban J connectivity index is 0.000000815. The Bertz CT molecular complexity index is 575. The van der Waals surface area contributed by atoms with Crippen LogP contribution in [0, 0.1) is 28.6 Å². The third kappa shape index (κ3) is 2.48. The molecule has 0 spiro atoms. The smallest absolute Gasteiger partial charge is 0.243 e. The molecule has 3 aliphatic carbocycles. The van der Waals surface area contributed by atoms with E-state index in [9.17, 15) is 4.79 Å². The Morgan fingerprint density at radius 3 is 2.58 bits per heavy atom. The van der Waals surface area contributed by atoms with Crippen molar-refractivity contribution >= 4 is 5.91 Å². The molecule has 24 heavy (non-hydrogen) atoms. The molecule has 2 fully saturated rings. The van der Waals surface area contributed by atoms with Crippen LogP contribution in [0.1, 0.15) is 73.1 Å². The average Bonchev–Trinajstić information content (AvgIpc) is 2.78. The average molecular weight is 330 g/mol. The molecule has 0 aromatic heterocycles. The van der Waals surface area contributed by atoms with Crippen molar-refractivity contribution in [1.29, 1.82) is 0 Å². The monoisotopic (exact) mass is 329 g/mol. The Hall–Kier alpha value is -1.05. The minimum Gasteiger partial charge on any atom is -0.353 e. The molecule has 0 aromatic carbocycles. The van der Waals surface area contributed by atoms with Crippen LogP contribution in [0.5, 0.6) is 0 Å². The van der Waals surface area contributed by atoms with Gasteiger partial charge in [0.2, 0.25) is 5.91 Å². The van der Waals surface area contributed by atoms with E-state index in [1.165, 1.54) is 31.3 Å². The molecule has 4 rings (SSSR count). The Kier molecular flexibility index (Phi) is 4.70. The van der Waals surface area contributed by atoms with Crippen molar-refractivity contribution < 1.29 is 4.79 Å². The van der Waals surface area contributed by atoms with Gasteiger partial charge in [-0.15, -0.1) is 0 Å². The molecule has 4 aliphatic rings. The lowest BCUT2D eigenvalue weighted by Crippen LogP contribution is -2.49. The van der Waals surface area contributed by atoms with E-state index in [0.29, 0.717) is 5.41 Å². The van der Waals surface area contributed by atoms with Crippen molar-refractivity contribution in [2.75, 3.05) is 6.54 Å². The number of carbonyl (C=O) groups is 1. The zero-order valence-electron chi connectivity index (χ0n) is 16.2. The van der Waals surface area contributed by atoms with Gasteiger partial charge in [-0.3, -0.25) is 4.79 Å². The highest BCUT2D eigenvalue weighted by atomic mass is 16.1. The second kappa shape index (κ2) is 6.35. The summed E-state index contributed by atoms with van der Waals surface area (Å²) in [6, 6.07) is 0. The predicted molar refractivity (Wildman–Crippen MR) is 101 cm³/mol. The minimum absolute atomic E-state index is 0.135. The summed E-state index contributed by atoms with van der Waals surface area (Å²) in [6.07, 6.45) is 12.0. The first-order valence-corrected chi connectivity index (χ1v) is 10.1. The molecule has 5 atom stereocenters. The molecule has 2 heteroatoms. The summed E-state index contributed by atoms with van der Waals surface area (Å²) in [5, 5.41) is 3.06. The van der Waals surface area contributed by atoms with Crippen LogP contribution < -0.4 is 5.32 Å². The van der Waals surface area contributed by atoms with Gasteiger partial charge in [-0.1, -0.05) is 44.9 Å².